The van der Waals surface area contributed by atoms with Crippen molar-refractivity contribution < 1.29 is 4.74 Å². The standard InChI is InChI=1S/C18H25NO/c1-18(2,11-12-19-13-14-20-3)17-10-6-8-15-7-4-5-9-16(15)17/h4-10,19H,11-14H2,1-3H3. The maximum Gasteiger partial charge on any atom is 0.0587 e. The van der Waals surface area contributed by atoms with Gasteiger partial charge in [-0.2, -0.15) is 0 Å². The van der Waals surface area contributed by atoms with Crippen molar-refractivity contribution in [2.75, 3.05) is 26.8 Å². The lowest BCUT2D eigenvalue weighted by Gasteiger charge is -2.27. The van der Waals surface area contributed by atoms with Gasteiger partial charge in [0, 0.05) is 13.7 Å². The topological polar surface area (TPSA) is 21.3 Å². The summed E-state index contributed by atoms with van der Waals surface area (Å²) >= 11 is 0. The molecule has 0 aliphatic heterocycles. The van der Waals surface area contributed by atoms with Crippen molar-refractivity contribution >= 4 is 10.8 Å². The molecule has 0 spiro atoms. The van der Waals surface area contributed by atoms with Crippen LogP contribution >= 0.6 is 0 Å². The quantitative estimate of drug-likeness (QED) is 0.775. The van der Waals surface area contributed by atoms with Gasteiger partial charge in [0.2, 0.25) is 0 Å². The summed E-state index contributed by atoms with van der Waals surface area (Å²) in [5.74, 6) is 0. The van der Waals surface area contributed by atoms with E-state index in [9.17, 15) is 0 Å². The highest BCUT2D eigenvalue weighted by molar-refractivity contribution is 5.86. The number of ether oxygens (including phenoxy) is 1. The van der Waals surface area contributed by atoms with Crippen LogP contribution in [-0.2, 0) is 10.2 Å². The molecule has 2 aromatic carbocycles. The fraction of sp³-hybridized carbons (Fsp3) is 0.444. The van der Waals surface area contributed by atoms with Gasteiger partial charge in [-0.15, -0.1) is 0 Å². The fourth-order valence-electron chi connectivity index (χ4n) is 2.65. The van der Waals surface area contributed by atoms with Crippen LogP contribution in [0.25, 0.3) is 10.8 Å². The zero-order valence-corrected chi connectivity index (χ0v) is 12.8. The Morgan fingerprint density at radius 2 is 1.75 bits per heavy atom. The molecule has 2 nitrogen and oxygen atoms in total. The SMILES string of the molecule is COCCNCCC(C)(C)c1cccc2ccccc12. The van der Waals surface area contributed by atoms with Gasteiger partial charge in [-0.1, -0.05) is 56.3 Å². The number of benzene rings is 2. The van der Waals surface area contributed by atoms with Gasteiger partial charge in [0.15, 0.2) is 0 Å². The second-order valence-electron chi connectivity index (χ2n) is 5.90. The maximum atomic E-state index is 5.05. The molecule has 0 aromatic heterocycles. The van der Waals surface area contributed by atoms with Crippen LogP contribution in [0.3, 0.4) is 0 Å². The molecule has 0 unspecified atom stereocenters. The van der Waals surface area contributed by atoms with Crippen molar-refractivity contribution in [1.82, 2.24) is 5.32 Å². The predicted molar refractivity (Wildman–Crippen MR) is 86.3 cm³/mol. The first-order valence-electron chi connectivity index (χ1n) is 7.33. The number of rotatable bonds is 7. The lowest BCUT2D eigenvalue weighted by atomic mass is 9.79. The smallest absolute Gasteiger partial charge is 0.0587 e. The third-order valence-electron chi connectivity index (χ3n) is 3.93. The molecule has 0 radical (unpaired) electrons. The molecule has 20 heavy (non-hydrogen) atoms. The van der Waals surface area contributed by atoms with Gasteiger partial charge < -0.3 is 10.1 Å². The Balaban J connectivity index is 2.11. The molecule has 108 valence electrons. The van der Waals surface area contributed by atoms with E-state index >= 15 is 0 Å². The molecule has 0 heterocycles. The first kappa shape index (κ1) is 15.0. The van der Waals surface area contributed by atoms with E-state index in [2.05, 4.69) is 61.6 Å². The summed E-state index contributed by atoms with van der Waals surface area (Å²) in [5, 5.41) is 6.13. The third-order valence-corrected chi connectivity index (χ3v) is 3.93. The van der Waals surface area contributed by atoms with Gasteiger partial charge in [0.05, 0.1) is 6.61 Å². The van der Waals surface area contributed by atoms with Gasteiger partial charge in [0.25, 0.3) is 0 Å². The molecule has 2 aromatic rings. The summed E-state index contributed by atoms with van der Waals surface area (Å²) in [6, 6.07) is 15.3. The summed E-state index contributed by atoms with van der Waals surface area (Å²) in [7, 11) is 1.74. The highest BCUT2D eigenvalue weighted by Gasteiger charge is 2.21. The van der Waals surface area contributed by atoms with Crippen LogP contribution in [0, 0.1) is 0 Å². The van der Waals surface area contributed by atoms with Gasteiger partial charge in [-0.3, -0.25) is 0 Å². The number of nitrogens with one attached hydrogen (secondary N) is 1. The van der Waals surface area contributed by atoms with Gasteiger partial charge in [0.1, 0.15) is 0 Å². The van der Waals surface area contributed by atoms with E-state index in [-0.39, 0.29) is 5.41 Å². The minimum absolute atomic E-state index is 0.168. The van der Waals surface area contributed by atoms with E-state index < -0.39 is 0 Å². The van der Waals surface area contributed by atoms with E-state index in [0.29, 0.717) is 0 Å². The van der Waals surface area contributed by atoms with Crippen molar-refractivity contribution in [3.63, 3.8) is 0 Å². The Labute approximate surface area is 122 Å². The highest BCUT2D eigenvalue weighted by atomic mass is 16.5. The second kappa shape index (κ2) is 6.87. The van der Waals surface area contributed by atoms with Crippen LogP contribution in [0.2, 0.25) is 0 Å². The summed E-state index contributed by atoms with van der Waals surface area (Å²) in [4.78, 5) is 0. The minimum Gasteiger partial charge on any atom is -0.383 e. The number of methoxy groups -OCH3 is 1. The average molecular weight is 271 g/mol. The molecule has 0 fully saturated rings. The lowest BCUT2D eigenvalue weighted by molar-refractivity contribution is 0.198. The molecule has 0 aliphatic carbocycles. The average Bonchev–Trinajstić information content (AvgIpc) is 2.46. The zero-order chi connectivity index (χ0) is 14.4. The number of fused-ring (bicyclic) bond motifs is 1. The zero-order valence-electron chi connectivity index (χ0n) is 12.8. The highest BCUT2D eigenvalue weighted by Crippen LogP contribution is 2.32. The lowest BCUT2D eigenvalue weighted by Crippen LogP contribution is -2.27. The molecule has 2 heteroatoms. The summed E-state index contributed by atoms with van der Waals surface area (Å²) < 4.78 is 5.05. The Morgan fingerprint density at radius 3 is 2.55 bits per heavy atom. The molecule has 2 rings (SSSR count). The molecular weight excluding hydrogens is 246 g/mol. The predicted octanol–water partition coefficient (Wildman–Crippen LogP) is 3.74. The molecule has 0 amide bonds. The van der Waals surface area contributed by atoms with E-state index in [1.807, 2.05) is 0 Å². The van der Waals surface area contributed by atoms with Crippen LogP contribution < -0.4 is 5.32 Å². The molecule has 0 bridgehead atoms. The monoisotopic (exact) mass is 271 g/mol. The maximum absolute atomic E-state index is 5.05. The fourth-order valence-corrected chi connectivity index (χ4v) is 2.65. The molecule has 0 saturated carbocycles. The Morgan fingerprint density at radius 1 is 1.00 bits per heavy atom. The number of hydrogen-bond donors (Lipinski definition) is 1. The van der Waals surface area contributed by atoms with E-state index in [1.165, 1.54) is 16.3 Å². The molecule has 0 saturated heterocycles. The summed E-state index contributed by atoms with van der Waals surface area (Å²) in [6.45, 7) is 7.36. The van der Waals surface area contributed by atoms with E-state index in [1.54, 1.807) is 7.11 Å². The molecular formula is C18H25NO. The molecule has 1 N–H and O–H groups in total. The van der Waals surface area contributed by atoms with Crippen LogP contribution in [0.15, 0.2) is 42.5 Å². The largest absolute Gasteiger partial charge is 0.383 e. The summed E-state index contributed by atoms with van der Waals surface area (Å²) in [6.07, 6.45) is 1.12. The Bertz CT molecular complexity index is 543. The second-order valence-corrected chi connectivity index (χ2v) is 5.90. The van der Waals surface area contributed by atoms with E-state index in [0.717, 1.165) is 26.1 Å². The van der Waals surface area contributed by atoms with Crippen LogP contribution in [0.5, 0.6) is 0 Å². The van der Waals surface area contributed by atoms with Crippen molar-refractivity contribution in [3.8, 4) is 0 Å². The van der Waals surface area contributed by atoms with Crippen molar-refractivity contribution in [1.29, 1.82) is 0 Å². The first-order valence-corrected chi connectivity index (χ1v) is 7.33. The minimum atomic E-state index is 0.168. The van der Waals surface area contributed by atoms with Gasteiger partial charge in [-0.25, -0.2) is 0 Å². The summed E-state index contributed by atoms with van der Waals surface area (Å²) in [5.41, 5.74) is 1.60. The van der Waals surface area contributed by atoms with Crippen molar-refractivity contribution in [3.05, 3.63) is 48.0 Å². The number of hydrogen-bond acceptors (Lipinski definition) is 2. The van der Waals surface area contributed by atoms with Gasteiger partial charge >= 0.3 is 0 Å². The molecule has 0 atom stereocenters. The normalized spacial score (nSPS) is 11.9. The van der Waals surface area contributed by atoms with Crippen molar-refractivity contribution in [2.24, 2.45) is 0 Å². The van der Waals surface area contributed by atoms with Crippen LogP contribution in [0.1, 0.15) is 25.8 Å². The Kier molecular flexibility index (Phi) is 5.16. The molecule has 0 aliphatic rings. The van der Waals surface area contributed by atoms with E-state index in [4.69, 9.17) is 4.74 Å². The third kappa shape index (κ3) is 3.59. The van der Waals surface area contributed by atoms with Crippen molar-refractivity contribution in [2.45, 2.75) is 25.7 Å². The van der Waals surface area contributed by atoms with Gasteiger partial charge in [-0.05, 0) is 34.7 Å². The first-order chi connectivity index (χ1) is 9.65. The van der Waals surface area contributed by atoms with Crippen LogP contribution in [-0.4, -0.2) is 26.8 Å². The van der Waals surface area contributed by atoms with Crippen LogP contribution in [0.4, 0.5) is 0 Å². The Hall–Kier alpha value is -1.38.